The van der Waals surface area contributed by atoms with Crippen LogP contribution < -0.4 is 11.1 Å². The average Bonchev–Trinajstić information content (AvgIpc) is 2.53. The Morgan fingerprint density at radius 3 is 2.75 bits per heavy atom. The average molecular weight is 170 g/mol. The van der Waals surface area contributed by atoms with Crippen molar-refractivity contribution in [3.05, 3.63) is 23.7 Å². The van der Waals surface area contributed by atoms with Crippen molar-refractivity contribution in [1.29, 1.82) is 0 Å². The summed E-state index contributed by atoms with van der Waals surface area (Å²) in [5.74, 6) is 1.42. The number of hydrogen-bond acceptors (Lipinski definition) is 4. The first kappa shape index (κ1) is 9.25. The lowest BCUT2D eigenvalue weighted by molar-refractivity contribution is 0.243. The smallest absolute Gasteiger partial charge is 0.129 e. The highest BCUT2D eigenvalue weighted by atomic mass is 16.4. The molecular formula is C8H14N2O2. The highest BCUT2D eigenvalue weighted by Gasteiger charge is 1.98. The molecular weight excluding hydrogens is 156 g/mol. The molecule has 0 saturated carbocycles. The van der Waals surface area contributed by atoms with E-state index in [1.807, 2.05) is 6.07 Å². The lowest BCUT2D eigenvalue weighted by Crippen LogP contribution is -2.21. The highest BCUT2D eigenvalue weighted by Crippen LogP contribution is 2.06. The van der Waals surface area contributed by atoms with E-state index in [4.69, 9.17) is 15.3 Å². The fourth-order valence-electron chi connectivity index (χ4n) is 0.916. The molecule has 0 radical (unpaired) electrons. The van der Waals surface area contributed by atoms with E-state index in [0.717, 1.165) is 12.3 Å². The van der Waals surface area contributed by atoms with Crippen LogP contribution in [0.5, 0.6) is 0 Å². The number of aliphatic hydroxyl groups excluding tert-OH is 1. The van der Waals surface area contributed by atoms with Crippen LogP contribution >= 0.6 is 0 Å². The molecule has 0 unspecified atom stereocenters. The monoisotopic (exact) mass is 170 g/mol. The highest BCUT2D eigenvalue weighted by molar-refractivity contribution is 5.05. The van der Waals surface area contributed by atoms with Gasteiger partial charge in [0.1, 0.15) is 18.1 Å². The van der Waals surface area contributed by atoms with Gasteiger partial charge in [0.25, 0.3) is 0 Å². The molecule has 1 rings (SSSR count). The van der Waals surface area contributed by atoms with Gasteiger partial charge < -0.3 is 20.6 Å². The Hall–Kier alpha value is -0.840. The van der Waals surface area contributed by atoms with Crippen molar-refractivity contribution in [1.82, 2.24) is 5.32 Å². The minimum absolute atomic E-state index is 0.0448. The van der Waals surface area contributed by atoms with E-state index in [1.54, 1.807) is 6.07 Å². The molecule has 0 aromatic carbocycles. The van der Waals surface area contributed by atoms with Crippen molar-refractivity contribution >= 4 is 0 Å². The molecule has 12 heavy (non-hydrogen) atoms. The Labute approximate surface area is 71.4 Å². The number of hydrogen-bond donors (Lipinski definition) is 3. The fourth-order valence-corrected chi connectivity index (χ4v) is 0.916. The molecule has 1 aromatic rings. The van der Waals surface area contributed by atoms with Gasteiger partial charge in [-0.3, -0.25) is 0 Å². The molecule has 0 atom stereocenters. The largest absolute Gasteiger partial charge is 0.462 e. The molecule has 0 bridgehead atoms. The normalized spacial score (nSPS) is 10.5. The Balaban J connectivity index is 2.31. The van der Waals surface area contributed by atoms with Crippen LogP contribution in [0.3, 0.4) is 0 Å². The Bertz CT molecular complexity index is 223. The van der Waals surface area contributed by atoms with Crippen molar-refractivity contribution in [2.75, 3.05) is 13.1 Å². The molecule has 0 spiro atoms. The van der Waals surface area contributed by atoms with Crippen LogP contribution in [0.1, 0.15) is 11.5 Å². The molecule has 0 amide bonds. The number of rotatable bonds is 5. The quantitative estimate of drug-likeness (QED) is 0.536. The maximum absolute atomic E-state index is 8.69. The molecule has 4 heteroatoms. The third-order valence-electron chi connectivity index (χ3n) is 1.49. The summed E-state index contributed by atoms with van der Waals surface area (Å²) >= 11 is 0. The third kappa shape index (κ3) is 2.65. The number of furan rings is 1. The van der Waals surface area contributed by atoms with Crippen LogP contribution in [-0.2, 0) is 13.2 Å². The first-order valence-corrected chi connectivity index (χ1v) is 3.96. The van der Waals surface area contributed by atoms with Gasteiger partial charge in [-0.25, -0.2) is 0 Å². The topological polar surface area (TPSA) is 71.4 Å². The predicted molar refractivity (Wildman–Crippen MR) is 45.4 cm³/mol. The first-order chi connectivity index (χ1) is 5.86. The predicted octanol–water partition coefficient (Wildman–Crippen LogP) is -0.180. The van der Waals surface area contributed by atoms with Crippen molar-refractivity contribution < 1.29 is 9.52 Å². The van der Waals surface area contributed by atoms with Crippen molar-refractivity contribution in [2.45, 2.75) is 13.2 Å². The van der Waals surface area contributed by atoms with E-state index in [2.05, 4.69) is 5.32 Å². The SMILES string of the molecule is NCCNCc1ccc(CO)o1. The standard InChI is InChI=1S/C8H14N2O2/c9-3-4-10-5-7-1-2-8(6-11)12-7/h1-2,10-11H,3-6,9H2. The first-order valence-electron chi connectivity index (χ1n) is 3.96. The summed E-state index contributed by atoms with van der Waals surface area (Å²) in [6.07, 6.45) is 0. The Morgan fingerprint density at radius 2 is 2.17 bits per heavy atom. The van der Waals surface area contributed by atoms with Crippen LogP contribution in [0.15, 0.2) is 16.5 Å². The lowest BCUT2D eigenvalue weighted by Gasteiger charge is -1.98. The second kappa shape index (κ2) is 4.92. The molecule has 0 fully saturated rings. The maximum atomic E-state index is 8.69. The fraction of sp³-hybridized carbons (Fsp3) is 0.500. The molecule has 0 aliphatic carbocycles. The Kier molecular flexibility index (Phi) is 3.79. The molecule has 1 heterocycles. The van der Waals surface area contributed by atoms with Gasteiger partial charge in [-0.15, -0.1) is 0 Å². The van der Waals surface area contributed by atoms with Crippen LogP contribution in [0.4, 0.5) is 0 Å². The summed E-state index contributed by atoms with van der Waals surface area (Å²) < 4.78 is 5.23. The molecule has 68 valence electrons. The minimum Gasteiger partial charge on any atom is -0.462 e. The molecule has 0 aliphatic heterocycles. The summed E-state index contributed by atoms with van der Waals surface area (Å²) in [6.45, 7) is 2.01. The zero-order valence-corrected chi connectivity index (χ0v) is 6.92. The number of nitrogens with two attached hydrogens (primary N) is 1. The minimum atomic E-state index is -0.0448. The third-order valence-corrected chi connectivity index (χ3v) is 1.49. The molecule has 1 aromatic heterocycles. The van der Waals surface area contributed by atoms with Crippen LogP contribution in [0, 0.1) is 0 Å². The second-order valence-electron chi connectivity index (χ2n) is 2.49. The zero-order valence-electron chi connectivity index (χ0n) is 6.92. The molecule has 0 saturated heterocycles. The summed E-state index contributed by atoms with van der Waals surface area (Å²) in [5.41, 5.74) is 5.29. The summed E-state index contributed by atoms with van der Waals surface area (Å²) in [4.78, 5) is 0. The van der Waals surface area contributed by atoms with Crippen molar-refractivity contribution in [2.24, 2.45) is 5.73 Å². The van der Waals surface area contributed by atoms with E-state index in [9.17, 15) is 0 Å². The second-order valence-corrected chi connectivity index (χ2v) is 2.49. The van der Waals surface area contributed by atoms with E-state index < -0.39 is 0 Å². The van der Waals surface area contributed by atoms with Gasteiger partial charge in [-0.05, 0) is 12.1 Å². The molecule has 4 nitrogen and oxygen atoms in total. The van der Waals surface area contributed by atoms with Crippen LogP contribution in [0.2, 0.25) is 0 Å². The zero-order chi connectivity index (χ0) is 8.81. The van der Waals surface area contributed by atoms with E-state index >= 15 is 0 Å². The van der Waals surface area contributed by atoms with Gasteiger partial charge in [0.05, 0.1) is 6.54 Å². The molecule has 4 N–H and O–H groups in total. The lowest BCUT2D eigenvalue weighted by atomic mass is 10.4. The van der Waals surface area contributed by atoms with Gasteiger partial charge in [0.2, 0.25) is 0 Å². The number of aliphatic hydroxyl groups is 1. The van der Waals surface area contributed by atoms with Gasteiger partial charge in [0, 0.05) is 13.1 Å². The van der Waals surface area contributed by atoms with Crippen molar-refractivity contribution in [3.8, 4) is 0 Å². The summed E-state index contributed by atoms with van der Waals surface area (Å²) in [5, 5.41) is 11.8. The summed E-state index contributed by atoms with van der Waals surface area (Å²) in [6, 6.07) is 3.61. The summed E-state index contributed by atoms with van der Waals surface area (Å²) in [7, 11) is 0. The Morgan fingerprint density at radius 1 is 1.42 bits per heavy atom. The van der Waals surface area contributed by atoms with Gasteiger partial charge in [0.15, 0.2) is 0 Å². The van der Waals surface area contributed by atoms with Crippen LogP contribution in [0.25, 0.3) is 0 Å². The maximum Gasteiger partial charge on any atom is 0.129 e. The van der Waals surface area contributed by atoms with E-state index in [-0.39, 0.29) is 6.61 Å². The van der Waals surface area contributed by atoms with E-state index in [1.165, 1.54) is 0 Å². The molecule has 0 aliphatic rings. The van der Waals surface area contributed by atoms with Gasteiger partial charge >= 0.3 is 0 Å². The number of nitrogens with one attached hydrogen (secondary N) is 1. The van der Waals surface area contributed by atoms with Crippen molar-refractivity contribution in [3.63, 3.8) is 0 Å². The van der Waals surface area contributed by atoms with E-state index in [0.29, 0.717) is 18.8 Å². The van der Waals surface area contributed by atoms with Gasteiger partial charge in [-0.1, -0.05) is 0 Å². The van der Waals surface area contributed by atoms with Gasteiger partial charge in [-0.2, -0.15) is 0 Å². The van der Waals surface area contributed by atoms with Crippen LogP contribution in [-0.4, -0.2) is 18.2 Å².